The molecule has 1 amide bonds. The SMILES string of the molecule is CCC1CCCCN1C(=O)CSc1nc2cc(OC)c(OC)cc2c(=O)n1CCC1=CCCCC1. The second kappa shape index (κ2) is 12.0. The number of methoxy groups -OCH3 is 2. The summed E-state index contributed by atoms with van der Waals surface area (Å²) >= 11 is 1.37. The minimum Gasteiger partial charge on any atom is -0.493 e. The maximum absolute atomic E-state index is 13.6. The number of ether oxygens (including phenoxy) is 2. The fourth-order valence-corrected chi connectivity index (χ4v) is 6.10. The molecule has 1 aromatic carbocycles. The van der Waals surface area contributed by atoms with Crippen LogP contribution in [0.3, 0.4) is 0 Å². The number of hydrogen-bond donors (Lipinski definition) is 0. The molecule has 0 spiro atoms. The van der Waals surface area contributed by atoms with Gasteiger partial charge in [-0.15, -0.1) is 0 Å². The summed E-state index contributed by atoms with van der Waals surface area (Å²) in [6.45, 7) is 3.52. The van der Waals surface area contributed by atoms with Gasteiger partial charge in [0.25, 0.3) is 5.56 Å². The Labute approximate surface area is 211 Å². The van der Waals surface area contributed by atoms with Crippen LogP contribution in [0.5, 0.6) is 11.5 Å². The number of rotatable bonds is 9. The van der Waals surface area contributed by atoms with Gasteiger partial charge in [0.15, 0.2) is 16.7 Å². The maximum atomic E-state index is 13.6. The van der Waals surface area contributed by atoms with Crippen LogP contribution in [0.1, 0.15) is 64.7 Å². The number of fused-ring (bicyclic) bond motifs is 1. The zero-order chi connectivity index (χ0) is 24.8. The van der Waals surface area contributed by atoms with Gasteiger partial charge in [-0.25, -0.2) is 4.98 Å². The van der Waals surface area contributed by atoms with Gasteiger partial charge >= 0.3 is 0 Å². The Kier molecular flexibility index (Phi) is 8.76. The molecule has 0 bridgehead atoms. The van der Waals surface area contributed by atoms with Crippen LogP contribution in [-0.4, -0.2) is 52.9 Å². The average molecular weight is 500 g/mol. The predicted octanol–water partition coefficient (Wildman–Crippen LogP) is 5.19. The number of allylic oxidation sites excluding steroid dienone is 2. The first-order valence-corrected chi connectivity index (χ1v) is 13.8. The van der Waals surface area contributed by atoms with Gasteiger partial charge in [0.05, 0.1) is 30.9 Å². The molecular formula is C27H37N3O4S. The number of carbonyl (C=O) groups is 1. The number of hydrogen-bond acceptors (Lipinski definition) is 6. The molecule has 190 valence electrons. The van der Waals surface area contributed by atoms with E-state index in [0.29, 0.717) is 40.1 Å². The van der Waals surface area contributed by atoms with Crippen molar-refractivity contribution in [1.82, 2.24) is 14.5 Å². The number of carbonyl (C=O) groups excluding carboxylic acids is 1. The van der Waals surface area contributed by atoms with Gasteiger partial charge in [-0.1, -0.05) is 30.3 Å². The van der Waals surface area contributed by atoms with Crippen molar-refractivity contribution in [3.8, 4) is 11.5 Å². The van der Waals surface area contributed by atoms with Gasteiger partial charge in [0.2, 0.25) is 5.91 Å². The molecule has 2 aromatic rings. The van der Waals surface area contributed by atoms with E-state index in [4.69, 9.17) is 14.5 Å². The van der Waals surface area contributed by atoms with E-state index in [9.17, 15) is 9.59 Å². The van der Waals surface area contributed by atoms with Gasteiger partial charge in [0.1, 0.15) is 0 Å². The van der Waals surface area contributed by atoms with Crippen LogP contribution in [0, 0.1) is 0 Å². The van der Waals surface area contributed by atoms with Crippen molar-refractivity contribution in [3.63, 3.8) is 0 Å². The molecule has 4 rings (SSSR count). The number of aromatic nitrogens is 2. The molecular weight excluding hydrogens is 462 g/mol. The lowest BCUT2D eigenvalue weighted by atomic mass is 9.97. The molecule has 2 aliphatic rings. The molecule has 1 unspecified atom stereocenters. The van der Waals surface area contributed by atoms with Crippen molar-refractivity contribution in [2.75, 3.05) is 26.5 Å². The second-order valence-corrected chi connectivity index (χ2v) is 10.3. The maximum Gasteiger partial charge on any atom is 0.262 e. The summed E-state index contributed by atoms with van der Waals surface area (Å²) in [6.07, 6.45) is 12.1. The number of thioether (sulfide) groups is 1. The summed E-state index contributed by atoms with van der Waals surface area (Å²) in [4.78, 5) is 33.6. The van der Waals surface area contributed by atoms with Crippen molar-refractivity contribution in [3.05, 3.63) is 34.1 Å². The molecule has 0 saturated carbocycles. The summed E-state index contributed by atoms with van der Waals surface area (Å²) in [6, 6.07) is 3.77. The van der Waals surface area contributed by atoms with Crippen molar-refractivity contribution >= 4 is 28.6 Å². The van der Waals surface area contributed by atoms with E-state index in [1.54, 1.807) is 30.9 Å². The predicted molar refractivity (Wildman–Crippen MR) is 141 cm³/mol. The van der Waals surface area contributed by atoms with Crippen molar-refractivity contribution in [2.45, 2.75) is 82.5 Å². The van der Waals surface area contributed by atoms with Crippen LogP contribution in [0.15, 0.2) is 33.7 Å². The highest BCUT2D eigenvalue weighted by molar-refractivity contribution is 7.99. The molecule has 0 radical (unpaired) electrons. The third kappa shape index (κ3) is 5.85. The Morgan fingerprint density at radius 3 is 2.66 bits per heavy atom. The van der Waals surface area contributed by atoms with Gasteiger partial charge in [-0.3, -0.25) is 14.2 Å². The summed E-state index contributed by atoms with van der Waals surface area (Å²) in [5.74, 6) is 1.45. The number of likely N-dealkylation sites (tertiary alicyclic amines) is 1. The van der Waals surface area contributed by atoms with Crippen molar-refractivity contribution in [1.29, 1.82) is 0 Å². The Morgan fingerprint density at radius 1 is 1.14 bits per heavy atom. The highest BCUT2D eigenvalue weighted by Gasteiger charge is 2.26. The highest BCUT2D eigenvalue weighted by Crippen LogP contribution is 2.32. The molecule has 1 fully saturated rings. The molecule has 1 aromatic heterocycles. The minimum atomic E-state index is -0.105. The van der Waals surface area contributed by atoms with Gasteiger partial charge in [-0.05, 0) is 63.9 Å². The molecule has 8 heteroatoms. The van der Waals surface area contributed by atoms with E-state index in [-0.39, 0.29) is 17.2 Å². The van der Waals surface area contributed by atoms with Gasteiger partial charge in [-0.2, -0.15) is 0 Å². The Morgan fingerprint density at radius 2 is 1.94 bits per heavy atom. The lowest BCUT2D eigenvalue weighted by Crippen LogP contribution is -2.44. The van der Waals surface area contributed by atoms with Crippen molar-refractivity contribution in [2.24, 2.45) is 0 Å². The lowest BCUT2D eigenvalue weighted by Gasteiger charge is -2.35. The highest BCUT2D eigenvalue weighted by atomic mass is 32.2. The first-order chi connectivity index (χ1) is 17.0. The summed E-state index contributed by atoms with van der Waals surface area (Å²) in [5, 5.41) is 1.09. The van der Waals surface area contributed by atoms with Gasteiger partial charge in [0, 0.05) is 25.2 Å². The van der Waals surface area contributed by atoms with Crippen molar-refractivity contribution < 1.29 is 14.3 Å². The lowest BCUT2D eigenvalue weighted by molar-refractivity contribution is -0.132. The van der Waals surface area contributed by atoms with E-state index in [1.165, 1.54) is 36.6 Å². The van der Waals surface area contributed by atoms with E-state index in [2.05, 4.69) is 13.0 Å². The Hall–Kier alpha value is -2.48. The van der Waals surface area contributed by atoms with E-state index in [0.717, 1.165) is 45.1 Å². The van der Waals surface area contributed by atoms with Crippen LogP contribution in [0.4, 0.5) is 0 Å². The first-order valence-electron chi connectivity index (χ1n) is 12.8. The second-order valence-electron chi connectivity index (χ2n) is 9.37. The van der Waals surface area contributed by atoms with E-state index >= 15 is 0 Å². The fourth-order valence-electron chi connectivity index (χ4n) is 5.18. The smallest absolute Gasteiger partial charge is 0.262 e. The molecule has 2 heterocycles. The molecule has 1 aliphatic heterocycles. The van der Waals surface area contributed by atoms with Gasteiger partial charge < -0.3 is 14.4 Å². The molecule has 0 N–H and O–H groups in total. The largest absolute Gasteiger partial charge is 0.493 e. The van der Waals surface area contributed by atoms with Crippen LogP contribution >= 0.6 is 11.8 Å². The van der Waals surface area contributed by atoms with Crippen LogP contribution in [0.2, 0.25) is 0 Å². The summed E-state index contributed by atoms with van der Waals surface area (Å²) < 4.78 is 12.6. The van der Waals surface area contributed by atoms with Crippen LogP contribution < -0.4 is 15.0 Å². The monoisotopic (exact) mass is 499 g/mol. The fraction of sp³-hybridized carbons (Fsp3) is 0.593. The topological polar surface area (TPSA) is 73.7 Å². The number of piperidine rings is 1. The average Bonchev–Trinajstić information content (AvgIpc) is 2.91. The number of amides is 1. The normalized spacial score (nSPS) is 18.4. The van der Waals surface area contributed by atoms with E-state index in [1.807, 2.05) is 4.90 Å². The quantitative estimate of drug-likeness (QED) is 0.269. The third-order valence-corrected chi connectivity index (χ3v) is 8.17. The summed E-state index contributed by atoms with van der Waals surface area (Å²) in [7, 11) is 3.13. The third-order valence-electron chi connectivity index (χ3n) is 7.21. The zero-order valence-corrected chi connectivity index (χ0v) is 22.0. The standard InChI is InChI=1S/C27H37N3O4S/c1-4-20-12-8-9-14-29(20)25(31)18-35-27-28-22-17-24(34-3)23(33-2)16-21(22)26(32)30(27)15-13-19-10-6-5-7-11-19/h10,16-17,20H,4-9,11-15,18H2,1-3H3. The first kappa shape index (κ1) is 25.6. The van der Waals surface area contributed by atoms with Crippen LogP contribution in [-0.2, 0) is 11.3 Å². The summed E-state index contributed by atoms with van der Waals surface area (Å²) in [5.41, 5.74) is 1.86. The van der Waals surface area contributed by atoms with Crippen LogP contribution in [0.25, 0.3) is 10.9 Å². The number of nitrogens with zero attached hydrogens (tertiary/aromatic N) is 3. The molecule has 1 aliphatic carbocycles. The molecule has 7 nitrogen and oxygen atoms in total. The molecule has 1 atom stereocenters. The molecule has 1 saturated heterocycles. The Bertz CT molecular complexity index is 1140. The minimum absolute atomic E-state index is 0.105. The zero-order valence-electron chi connectivity index (χ0n) is 21.2. The Balaban J connectivity index is 1.65. The molecule has 35 heavy (non-hydrogen) atoms. The number of benzene rings is 1. The van der Waals surface area contributed by atoms with E-state index < -0.39 is 0 Å².